The van der Waals surface area contributed by atoms with Gasteiger partial charge in [-0.2, -0.15) is 5.10 Å². The largest absolute Gasteiger partial charge is 0.393 e. The summed E-state index contributed by atoms with van der Waals surface area (Å²) >= 11 is 0. The Bertz CT molecular complexity index is 942. The Morgan fingerprint density at radius 1 is 1.29 bits per heavy atom. The molecule has 28 heavy (non-hydrogen) atoms. The molecule has 1 aromatic heterocycles. The maximum absolute atomic E-state index is 14.4. The Morgan fingerprint density at radius 3 is 2.89 bits per heavy atom. The second kappa shape index (κ2) is 6.65. The van der Waals surface area contributed by atoms with Gasteiger partial charge in [-0.05, 0) is 43.7 Å². The van der Waals surface area contributed by atoms with Crippen molar-refractivity contribution in [2.24, 2.45) is 11.8 Å². The number of carbonyl (C=O) groups is 1. The number of amides is 1. The van der Waals surface area contributed by atoms with Crippen LogP contribution in [-0.2, 0) is 6.42 Å². The number of hydrogen-bond acceptors (Lipinski definition) is 3. The Balaban J connectivity index is 1.43. The molecule has 1 aromatic carbocycles. The molecule has 0 spiro atoms. The molecule has 2 aromatic rings. The van der Waals surface area contributed by atoms with E-state index >= 15 is 0 Å². The zero-order valence-corrected chi connectivity index (χ0v) is 15.5. The first kappa shape index (κ1) is 17.8. The molecule has 148 valence electrons. The van der Waals surface area contributed by atoms with Gasteiger partial charge >= 0.3 is 0 Å². The molecular formula is C21H23F2N3O2. The zero-order valence-electron chi connectivity index (χ0n) is 15.5. The quantitative estimate of drug-likeness (QED) is 0.847. The van der Waals surface area contributed by atoms with Crippen molar-refractivity contribution in [1.29, 1.82) is 0 Å². The highest BCUT2D eigenvalue weighted by Gasteiger charge is 2.50. The van der Waals surface area contributed by atoms with Crippen LogP contribution in [0.1, 0.15) is 59.8 Å². The van der Waals surface area contributed by atoms with E-state index in [1.165, 1.54) is 16.8 Å². The molecule has 5 nitrogen and oxygen atoms in total. The van der Waals surface area contributed by atoms with Gasteiger partial charge in [0.2, 0.25) is 0 Å². The minimum atomic E-state index is -0.688. The van der Waals surface area contributed by atoms with E-state index in [4.69, 9.17) is 0 Å². The maximum atomic E-state index is 14.4. The Labute approximate surface area is 161 Å². The lowest BCUT2D eigenvalue weighted by molar-refractivity contribution is 0.0661. The van der Waals surface area contributed by atoms with E-state index in [1.54, 1.807) is 0 Å². The van der Waals surface area contributed by atoms with Crippen LogP contribution in [0.3, 0.4) is 0 Å². The van der Waals surface area contributed by atoms with Gasteiger partial charge in [0, 0.05) is 30.0 Å². The Kier molecular flexibility index (Phi) is 4.23. The SMILES string of the molecule is O=C(NC[C@H]1CCCC[C@@H]1O)c1nn(-c2ccc(F)cc2F)c2c1C[C@H]1C[C@@H]21. The molecule has 1 heterocycles. The monoisotopic (exact) mass is 387 g/mol. The van der Waals surface area contributed by atoms with Crippen molar-refractivity contribution in [3.8, 4) is 5.69 Å². The van der Waals surface area contributed by atoms with Crippen LogP contribution in [0, 0.1) is 23.5 Å². The van der Waals surface area contributed by atoms with Gasteiger partial charge in [0.25, 0.3) is 5.91 Å². The zero-order chi connectivity index (χ0) is 19.4. The molecule has 3 aliphatic rings. The molecule has 0 saturated heterocycles. The van der Waals surface area contributed by atoms with Crippen LogP contribution in [-0.4, -0.2) is 33.4 Å². The highest BCUT2D eigenvalue weighted by Crippen LogP contribution is 2.57. The topological polar surface area (TPSA) is 67.2 Å². The van der Waals surface area contributed by atoms with E-state index in [9.17, 15) is 18.7 Å². The summed E-state index contributed by atoms with van der Waals surface area (Å²) in [5.41, 5.74) is 2.27. The van der Waals surface area contributed by atoms with Gasteiger partial charge in [0.05, 0.1) is 11.8 Å². The molecule has 1 amide bonds. The number of aliphatic hydroxyl groups is 1. The predicted molar refractivity (Wildman–Crippen MR) is 98.3 cm³/mol. The fourth-order valence-electron chi connectivity index (χ4n) is 4.87. The summed E-state index contributed by atoms with van der Waals surface area (Å²) in [6.07, 6.45) is 5.19. The minimum Gasteiger partial charge on any atom is -0.393 e. The van der Waals surface area contributed by atoms with Crippen LogP contribution < -0.4 is 5.32 Å². The summed E-state index contributed by atoms with van der Waals surface area (Å²) in [6.45, 7) is 0.416. The summed E-state index contributed by atoms with van der Waals surface area (Å²) in [7, 11) is 0. The summed E-state index contributed by atoms with van der Waals surface area (Å²) in [5.74, 6) is -0.749. The fraction of sp³-hybridized carbons (Fsp3) is 0.524. The van der Waals surface area contributed by atoms with Gasteiger partial charge in [-0.15, -0.1) is 0 Å². The van der Waals surface area contributed by atoms with Crippen LogP contribution in [0.5, 0.6) is 0 Å². The third-order valence-corrected chi connectivity index (χ3v) is 6.51. The van der Waals surface area contributed by atoms with Gasteiger partial charge in [0.15, 0.2) is 11.5 Å². The average molecular weight is 387 g/mol. The molecule has 4 atom stereocenters. The lowest BCUT2D eigenvalue weighted by atomic mass is 9.86. The minimum absolute atomic E-state index is 0.0655. The molecule has 0 radical (unpaired) electrons. The first-order valence-corrected chi connectivity index (χ1v) is 10.1. The van der Waals surface area contributed by atoms with Crippen LogP contribution in [0.4, 0.5) is 8.78 Å². The highest BCUT2D eigenvalue weighted by molar-refractivity contribution is 5.94. The number of fused-ring (bicyclic) bond motifs is 3. The summed E-state index contributed by atoms with van der Waals surface area (Å²) in [4.78, 5) is 12.8. The smallest absolute Gasteiger partial charge is 0.272 e. The van der Waals surface area contributed by atoms with Gasteiger partial charge in [-0.25, -0.2) is 13.5 Å². The van der Waals surface area contributed by atoms with Crippen LogP contribution in [0.15, 0.2) is 18.2 Å². The van der Waals surface area contributed by atoms with Gasteiger partial charge in [0.1, 0.15) is 11.5 Å². The van der Waals surface area contributed by atoms with E-state index in [1.807, 2.05) is 0 Å². The number of nitrogens with zero attached hydrogens (tertiary/aromatic N) is 2. The van der Waals surface area contributed by atoms with Crippen molar-refractivity contribution in [2.75, 3.05) is 6.54 Å². The molecule has 2 fully saturated rings. The van der Waals surface area contributed by atoms with E-state index in [0.717, 1.165) is 55.8 Å². The fourth-order valence-corrected chi connectivity index (χ4v) is 4.87. The van der Waals surface area contributed by atoms with E-state index in [2.05, 4.69) is 10.4 Å². The van der Waals surface area contributed by atoms with Gasteiger partial charge < -0.3 is 10.4 Å². The van der Waals surface area contributed by atoms with Crippen LogP contribution >= 0.6 is 0 Å². The number of carbonyl (C=O) groups excluding carboxylic acids is 1. The molecule has 2 N–H and O–H groups in total. The number of nitrogens with one attached hydrogen (secondary N) is 1. The number of halogens is 2. The van der Waals surface area contributed by atoms with Crippen molar-refractivity contribution >= 4 is 5.91 Å². The van der Waals surface area contributed by atoms with Crippen molar-refractivity contribution in [2.45, 2.75) is 50.5 Å². The molecule has 2 saturated carbocycles. The second-order valence-electron chi connectivity index (χ2n) is 8.35. The first-order valence-electron chi connectivity index (χ1n) is 10.1. The standard InChI is InChI=1S/C21H23F2N3O2/c22-13-5-6-17(16(23)9-13)26-20-14-7-12(14)8-15(20)19(25-26)21(28)24-10-11-3-1-2-4-18(11)27/h5-6,9,11-12,14,18,27H,1-4,7-8,10H2,(H,24,28)/t11-,12-,14-,18+/m1/s1. The molecular weight excluding hydrogens is 364 g/mol. The lowest BCUT2D eigenvalue weighted by Gasteiger charge is -2.27. The van der Waals surface area contributed by atoms with E-state index in [0.29, 0.717) is 24.1 Å². The number of hydrogen-bond donors (Lipinski definition) is 2. The van der Waals surface area contributed by atoms with E-state index in [-0.39, 0.29) is 23.6 Å². The third-order valence-electron chi connectivity index (χ3n) is 6.51. The van der Waals surface area contributed by atoms with Crippen molar-refractivity contribution < 1.29 is 18.7 Å². The normalized spacial score (nSPS) is 28.0. The number of benzene rings is 1. The first-order chi connectivity index (χ1) is 13.5. The Morgan fingerprint density at radius 2 is 2.11 bits per heavy atom. The number of aliphatic hydroxyl groups excluding tert-OH is 1. The summed E-state index contributed by atoms with van der Waals surface area (Å²) in [5, 5.41) is 17.5. The Hall–Kier alpha value is -2.28. The molecule has 0 bridgehead atoms. The highest BCUT2D eigenvalue weighted by atomic mass is 19.1. The molecule has 7 heteroatoms. The van der Waals surface area contributed by atoms with Crippen LogP contribution in [0.25, 0.3) is 5.69 Å². The molecule has 5 rings (SSSR count). The van der Waals surface area contributed by atoms with Gasteiger partial charge in [-0.3, -0.25) is 4.79 Å². The van der Waals surface area contributed by atoms with Crippen LogP contribution in [0.2, 0.25) is 0 Å². The van der Waals surface area contributed by atoms with E-state index < -0.39 is 11.6 Å². The maximum Gasteiger partial charge on any atom is 0.272 e. The molecule has 0 aliphatic heterocycles. The predicted octanol–water partition coefficient (Wildman–Crippen LogP) is 3.09. The number of aromatic nitrogens is 2. The summed E-state index contributed by atoms with van der Waals surface area (Å²) < 4.78 is 29.2. The average Bonchev–Trinajstić information content (AvgIpc) is 3.17. The lowest BCUT2D eigenvalue weighted by Crippen LogP contribution is -2.37. The molecule has 3 aliphatic carbocycles. The van der Waals surface area contributed by atoms with Crippen molar-refractivity contribution in [3.05, 3.63) is 46.8 Å². The summed E-state index contributed by atoms with van der Waals surface area (Å²) in [6, 6.07) is 3.41. The van der Waals surface area contributed by atoms with Crippen molar-refractivity contribution in [3.63, 3.8) is 0 Å². The second-order valence-corrected chi connectivity index (χ2v) is 8.35. The third kappa shape index (κ3) is 2.92. The van der Waals surface area contributed by atoms with Gasteiger partial charge in [-0.1, -0.05) is 12.8 Å². The van der Waals surface area contributed by atoms with Crippen molar-refractivity contribution in [1.82, 2.24) is 15.1 Å². The molecule has 0 unspecified atom stereocenters. The number of rotatable bonds is 4.